The largest absolute Gasteiger partial charge is 0.392 e. The predicted molar refractivity (Wildman–Crippen MR) is 60.0 cm³/mol. The van der Waals surface area contributed by atoms with Gasteiger partial charge < -0.3 is 5.11 Å². The van der Waals surface area contributed by atoms with Crippen LogP contribution in [-0.4, -0.2) is 25.3 Å². The van der Waals surface area contributed by atoms with E-state index in [1.54, 1.807) is 11.7 Å². The van der Waals surface area contributed by atoms with E-state index >= 15 is 0 Å². The van der Waals surface area contributed by atoms with E-state index in [1.165, 1.54) is 11.8 Å². The van der Waals surface area contributed by atoms with Crippen molar-refractivity contribution in [2.24, 2.45) is 7.05 Å². The molecule has 0 unspecified atom stereocenters. The van der Waals surface area contributed by atoms with Crippen molar-refractivity contribution >= 4 is 11.8 Å². The molecule has 0 fully saturated rings. The molecular weight excluding hydrogens is 224 g/mol. The van der Waals surface area contributed by atoms with Gasteiger partial charge in [0.25, 0.3) is 0 Å². The highest BCUT2D eigenvalue weighted by Crippen LogP contribution is 2.28. The molecule has 6 heteroatoms. The van der Waals surface area contributed by atoms with Crippen molar-refractivity contribution in [3.8, 4) is 0 Å². The second-order valence-electron chi connectivity index (χ2n) is 3.46. The van der Waals surface area contributed by atoms with Crippen LogP contribution in [0.4, 0.5) is 0 Å². The zero-order chi connectivity index (χ0) is 11.5. The molecule has 0 aliphatic heterocycles. The van der Waals surface area contributed by atoms with Crippen LogP contribution in [0, 0.1) is 6.92 Å². The van der Waals surface area contributed by atoms with Crippen LogP contribution >= 0.6 is 11.8 Å². The van der Waals surface area contributed by atoms with Crippen LogP contribution in [-0.2, 0) is 13.7 Å². The van der Waals surface area contributed by atoms with Gasteiger partial charge in [0.15, 0.2) is 0 Å². The van der Waals surface area contributed by atoms with Gasteiger partial charge in [-0.05, 0) is 40.7 Å². The monoisotopic (exact) mass is 236 g/mol. The number of hydrogen-bond donors (Lipinski definition) is 1. The van der Waals surface area contributed by atoms with Gasteiger partial charge in [0, 0.05) is 11.9 Å². The van der Waals surface area contributed by atoms with E-state index in [1.807, 2.05) is 25.1 Å². The molecule has 1 aromatic carbocycles. The van der Waals surface area contributed by atoms with Crippen molar-refractivity contribution in [2.75, 3.05) is 0 Å². The van der Waals surface area contributed by atoms with Gasteiger partial charge in [0.05, 0.1) is 6.61 Å². The topological polar surface area (TPSA) is 63.8 Å². The predicted octanol–water partition coefficient (Wildman–Crippen LogP) is 1.16. The van der Waals surface area contributed by atoms with E-state index in [9.17, 15) is 5.11 Å². The summed E-state index contributed by atoms with van der Waals surface area (Å²) in [4.78, 5) is 0.978. The standard InChI is InChI=1S/C10H12N4OS/c1-7-3-4-9(8(5-7)6-15)16-10-11-12-13-14(10)2/h3-5,15H,6H2,1-2H3. The summed E-state index contributed by atoms with van der Waals surface area (Å²) < 4.78 is 1.60. The van der Waals surface area contributed by atoms with E-state index in [0.717, 1.165) is 16.0 Å². The molecule has 0 aliphatic rings. The zero-order valence-corrected chi connectivity index (χ0v) is 9.90. The van der Waals surface area contributed by atoms with E-state index in [0.29, 0.717) is 5.16 Å². The average molecular weight is 236 g/mol. The number of benzene rings is 1. The number of aliphatic hydroxyl groups excluding tert-OH is 1. The summed E-state index contributed by atoms with van der Waals surface area (Å²) >= 11 is 1.45. The third kappa shape index (κ3) is 2.23. The summed E-state index contributed by atoms with van der Waals surface area (Å²) in [6.45, 7) is 2.02. The molecular formula is C10H12N4OS. The number of aromatic nitrogens is 4. The second-order valence-corrected chi connectivity index (χ2v) is 4.47. The molecule has 5 nitrogen and oxygen atoms in total. The van der Waals surface area contributed by atoms with Crippen molar-refractivity contribution in [2.45, 2.75) is 23.6 Å². The van der Waals surface area contributed by atoms with Gasteiger partial charge in [-0.15, -0.1) is 5.10 Å². The third-order valence-corrected chi connectivity index (χ3v) is 3.32. The minimum absolute atomic E-state index is 0.0231. The molecule has 1 N–H and O–H groups in total. The van der Waals surface area contributed by atoms with Crippen LogP contribution in [0.15, 0.2) is 28.3 Å². The van der Waals surface area contributed by atoms with Crippen LogP contribution in [0.5, 0.6) is 0 Å². The van der Waals surface area contributed by atoms with E-state index in [4.69, 9.17) is 0 Å². The Morgan fingerprint density at radius 1 is 1.44 bits per heavy atom. The third-order valence-electron chi connectivity index (χ3n) is 2.17. The first-order valence-corrected chi connectivity index (χ1v) is 5.63. The number of aliphatic hydroxyl groups is 1. The molecule has 0 bridgehead atoms. The number of nitrogens with zero attached hydrogens (tertiary/aromatic N) is 4. The van der Waals surface area contributed by atoms with Crippen molar-refractivity contribution in [3.63, 3.8) is 0 Å². The lowest BCUT2D eigenvalue weighted by atomic mass is 10.1. The van der Waals surface area contributed by atoms with Crippen molar-refractivity contribution in [3.05, 3.63) is 29.3 Å². The molecule has 0 amide bonds. The molecule has 0 spiro atoms. The molecule has 0 aliphatic carbocycles. The molecule has 84 valence electrons. The van der Waals surface area contributed by atoms with Crippen LogP contribution < -0.4 is 0 Å². The molecule has 16 heavy (non-hydrogen) atoms. The quantitative estimate of drug-likeness (QED) is 0.866. The van der Waals surface area contributed by atoms with E-state index in [2.05, 4.69) is 15.5 Å². The zero-order valence-electron chi connectivity index (χ0n) is 9.08. The maximum atomic E-state index is 9.27. The Morgan fingerprint density at radius 2 is 2.25 bits per heavy atom. The molecule has 2 rings (SSSR count). The van der Waals surface area contributed by atoms with Crippen LogP contribution in [0.1, 0.15) is 11.1 Å². The lowest BCUT2D eigenvalue weighted by Crippen LogP contribution is -1.94. The Labute approximate surface area is 97.5 Å². The summed E-state index contributed by atoms with van der Waals surface area (Å²) in [6, 6.07) is 5.94. The summed E-state index contributed by atoms with van der Waals surface area (Å²) in [7, 11) is 1.79. The maximum Gasteiger partial charge on any atom is 0.213 e. The first-order valence-electron chi connectivity index (χ1n) is 4.81. The molecule has 0 radical (unpaired) electrons. The van der Waals surface area contributed by atoms with Gasteiger partial charge in [-0.2, -0.15) is 0 Å². The van der Waals surface area contributed by atoms with E-state index < -0.39 is 0 Å². The van der Waals surface area contributed by atoms with Gasteiger partial charge in [-0.3, -0.25) is 0 Å². The van der Waals surface area contributed by atoms with Crippen LogP contribution in [0.3, 0.4) is 0 Å². The lowest BCUT2D eigenvalue weighted by Gasteiger charge is -2.06. The Morgan fingerprint density at radius 3 is 2.88 bits per heavy atom. The minimum atomic E-state index is 0.0231. The van der Waals surface area contributed by atoms with Crippen molar-refractivity contribution < 1.29 is 5.11 Å². The average Bonchev–Trinajstić information content (AvgIpc) is 2.67. The Bertz CT molecular complexity index is 497. The smallest absolute Gasteiger partial charge is 0.213 e. The lowest BCUT2D eigenvalue weighted by molar-refractivity contribution is 0.279. The Balaban J connectivity index is 2.31. The first-order chi connectivity index (χ1) is 7.70. The van der Waals surface area contributed by atoms with Gasteiger partial charge in [0.2, 0.25) is 5.16 Å². The fourth-order valence-electron chi connectivity index (χ4n) is 1.34. The minimum Gasteiger partial charge on any atom is -0.392 e. The number of rotatable bonds is 3. The number of hydrogen-bond acceptors (Lipinski definition) is 5. The number of aryl methyl sites for hydroxylation is 2. The molecule has 0 saturated carbocycles. The molecule has 2 aromatic rings. The summed E-state index contributed by atoms with van der Waals surface area (Å²) in [5.74, 6) is 0. The van der Waals surface area contributed by atoms with Gasteiger partial charge >= 0.3 is 0 Å². The second kappa shape index (κ2) is 4.63. The first kappa shape index (κ1) is 11.1. The summed E-state index contributed by atoms with van der Waals surface area (Å²) in [6.07, 6.45) is 0. The highest BCUT2D eigenvalue weighted by Gasteiger charge is 2.08. The fourth-order valence-corrected chi connectivity index (χ4v) is 2.17. The molecule has 1 aromatic heterocycles. The molecule has 1 heterocycles. The highest BCUT2D eigenvalue weighted by molar-refractivity contribution is 7.99. The van der Waals surface area contributed by atoms with Crippen LogP contribution in [0.2, 0.25) is 0 Å². The maximum absolute atomic E-state index is 9.27. The van der Waals surface area contributed by atoms with Gasteiger partial charge in [0.1, 0.15) is 0 Å². The van der Waals surface area contributed by atoms with E-state index in [-0.39, 0.29) is 6.61 Å². The van der Waals surface area contributed by atoms with Crippen molar-refractivity contribution in [1.82, 2.24) is 20.2 Å². The highest BCUT2D eigenvalue weighted by atomic mass is 32.2. The summed E-state index contributed by atoms with van der Waals surface area (Å²) in [5.41, 5.74) is 2.03. The summed E-state index contributed by atoms with van der Waals surface area (Å²) in [5, 5.41) is 21.2. The fraction of sp³-hybridized carbons (Fsp3) is 0.300. The SMILES string of the molecule is Cc1ccc(Sc2nnnn2C)c(CO)c1. The van der Waals surface area contributed by atoms with Gasteiger partial charge in [-0.1, -0.05) is 17.7 Å². The molecule has 0 atom stereocenters. The Kier molecular flexibility index (Phi) is 3.21. The Hall–Kier alpha value is -1.40. The number of tetrazole rings is 1. The van der Waals surface area contributed by atoms with Crippen molar-refractivity contribution in [1.29, 1.82) is 0 Å². The molecule has 0 saturated heterocycles. The van der Waals surface area contributed by atoms with Crippen LogP contribution in [0.25, 0.3) is 0 Å². The van der Waals surface area contributed by atoms with Gasteiger partial charge in [-0.25, -0.2) is 4.68 Å². The normalized spacial score (nSPS) is 10.7.